The standard InChI is InChI=1S/C18H22N2O2.ClH/c1-13-7-6-8-15(11-13)22-17-10-5-4-9-16(17)20-18(21)14(2)12-19-3;/h4-11,14,19H,12H2,1-3H3,(H,20,21);1H. The summed E-state index contributed by atoms with van der Waals surface area (Å²) in [6, 6.07) is 15.3. The molecule has 2 aromatic carbocycles. The van der Waals surface area contributed by atoms with Gasteiger partial charge in [-0.25, -0.2) is 0 Å². The van der Waals surface area contributed by atoms with E-state index < -0.39 is 0 Å². The lowest BCUT2D eigenvalue weighted by molar-refractivity contribution is -0.119. The molecule has 4 nitrogen and oxygen atoms in total. The van der Waals surface area contributed by atoms with E-state index in [0.717, 1.165) is 11.3 Å². The van der Waals surface area contributed by atoms with Crippen LogP contribution in [0.15, 0.2) is 48.5 Å². The topological polar surface area (TPSA) is 50.4 Å². The van der Waals surface area contributed by atoms with Crippen LogP contribution >= 0.6 is 12.4 Å². The van der Waals surface area contributed by atoms with E-state index >= 15 is 0 Å². The van der Waals surface area contributed by atoms with Crippen molar-refractivity contribution >= 4 is 24.0 Å². The molecule has 2 aromatic rings. The van der Waals surface area contributed by atoms with Gasteiger partial charge < -0.3 is 15.4 Å². The number of amides is 1. The second-order valence-electron chi connectivity index (χ2n) is 5.36. The van der Waals surface area contributed by atoms with Crippen molar-refractivity contribution in [3.05, 3.63) is 54.1 Å². The lowest BCUT2D eigenvalue weighted by atomic mass is 10.1. The molecule has 0 aliphatic rings. The van der Waals surface area contributed by atoms with E-state index in [1.165, 1.54) is 0 Å². The predicted molar refractivity (Wildman–Crippen MR) is 96.7 cm³/mol. The molecule has 0 aliphatic heterocycles. The average Bonchev–Trinajstić information content (AvgIpc) is 2.49. The van der Waals surface area contributed by atoms with Gasteiger partial charge in [0.15, 0.2) is 5.75 Å². The summed E-state index contributed by atoms with van der Waals surface area (Å²) in [5.74, 6) is 1.25. The number of hydrogen-bond donors (Lipinski definition) is 2. The van der Waals surface area contributed by atoms with Gasteiger partial charge in [0.2, 0.25) is 5.91 Å². The maximum Gasteiger partial charge on any atom is 0.228 e. The number of para-hydroxylation sites is 2. The van der Waals surface area contributed by atoms with Gasteiger partial charge in [-0.2, -0.15) is 0 Å². The molecule has 2 rings (SSSR count). The number of hydrogen-bond acceptors (Lipinski definition) is 3. The molecular weight excluding hydrogens is 312 g/mol. The second-order valence-corrected chi connectivity index (χ2v) is 5.36. The summed E-state index contributed by atoms with van der Waals surface area (Å²) < 4.78 is 5.90. The number of halogens is 1. The Bertz CT molecular complexity index is 646. The average molecular weight is 335 g/mol. The number of nitrogens with one attached hydrogen (secondary N) is 2. The van der Waals surface area contributed by atoms with Crippen molar-refractivity contribution in [3.63, 3.8) is 0 Å². The summed E-state index contributed by atoms with van der Waals surface area (Å²) >= 11 is 0. The van der Waals surface area contributed by atoms with Gasteiger partial charge in [0.05, 0.1) is 5.69 Å². The van der Waals surface area contributed by atoms with Crippen LogP contribution in [0.5, 0.6) is 11.5 Å². The zero-order chi connectivity index (χ0) is 15.9. The highest BCUT2D eigenvalue weighted by molar-refractivity contribution is 5.93. The van der Waals surface area contributed by atoms with E-state index in [1.807, 2.05) is 69.4 Å². The van der Waals surface area contributed by atoms with Gasteiger partial charge in [0, 0.05) is 12.5 Å². The molecule has 0 aliphatic carbocycles. The van der Waals surface area contributed by atoms with Crippen LogP contribution < -0.4 is 15.4 Å². The fourth-order valence-electron chi connectivity index (χ4n) is 2.12. The molecule has 5 heteroatoms. The van der Waals surface area contributed by atoms with Gasteiger partial charge in [-0.1, -0.05) is 31.2 Å². The Balaban J connectivity index is 0.00000264. The van der Waals surface area contributed by atoms with Crippen molar-refractivity contribution in [2.24, 2.45) is 5.92 Å². The molecule has 1 atom stereocenters. The minimum atomic E-state index is -0.114. The molecule has 0 saturated heterocycles. The highest BCUT2D eigenvalue weighted by atomic mass is 35.5. The minimum absolute atomic E-state index is 0. The summed E-state index contributed by atoms with van der Waals surface area (Å²) in [5, 5.41) is 5.93. The summed E-state index contributed by atoms with van der Waals surface area (Å²) in [6.45, 7) is 4.53. The lowest BCUT2D eigenvalue weighted by Gasteiger charge is -2.15. The van der Waals surface area contributed by atoms with E-state index in [-0.39, 0.29) is 24.2 Å². The molecule has 124 valence electrons. The fourth-order valence-corrected chi connectivity index (χ4v) is 2.12. The van der Waals surface area contributed by atoms with Crippen molar-refractivity contribution in [1.82, 2.24) is 5.32 Å². The minimum Gasteiger partial charge on any atom is -0.455 e. The number of anilines is 1. The summed E-state index contributed by atoms with van der Waals surface area (Å²) in [6.07, 6.45) is 0. The summed E-state index contributed by atoms with van der Waals surface area (Å²) in [5.41, 5.74) is 1.80. The maximum atomic E-state index is 12.2. The van der Waals surface area contributed by atoms with Crippen LogP contribution in [0, 0.1) is 12.8 Å². The second kappa shape index (κ2) is 9.18. The molecule has 0 saturated carbocycles. The first-order valence-electron chi connectivity index (χ1n) is 7.39. The van der Waals surface area contributed by atoms with Crippen LogP contribution in [0.1, 0.15) is 12.5 Å². The van der Waals surface area contributed by atoms with Crippen LogP contribution in [-0.4, -0.2) is 19.5 Å². The third-order valence-electron chi connectivity index (χ3n) is 3.32. The highest BCUT2D eigenvalue weighted by Crippen LogP contribution is 2.29. The SMILES string of the molecule is CNCC(C)C(=O)Nc1ccccc1Oc1cccc(C)c1.Cl. The van der Waals surface area contributed by atoms with Gasteiger partial charge in [0.1, 0.15) is 5.75 Å². The number of rotatable bonds is 6. The first-order valence-corrected chi connectivity index (χ1v) is 7.39. The Kier molecular flexibility index (Phi) is 7.59. The van der Waals surface area contributed by atoms with Crippen LogP contribution in [0.3, 0.4) is 0 Å². The number of carbonyl (C=O) groups is 1. The molecule has 0 heterocycles. The molecule has 0 aromatic heterocycles. The Morgan fingerprint density at radius 1 is 1.17 bits per heavy atom. The molecule has 0 fully saturated rings. The van der Waals surface area contributed by atoms with Crippen LogP contribution in [0.2, 0.25) is 0 Å². The third-order valence-corrected chi connectivity index (χ3v) is 3.32. The Labute approximate surface area is 143 Å². The van der Waals surface area contributed by atoms with Gasteiger partial charge in [0.25, 0.3) is 0 Å². The largest absolute Gasteiger partial charge is 0.455 e. The molecular formula is C18H23ClN2O2. The fraction of sp³-hybridized carbons (Fsp3) is 0.278. The van der Waals surface area contributed by atoms with Crippen molar-refractivity contribution in [2.75, 3.05) is 18.9 Å². The van der Waals surface area contributed by atoms with E-state index in [4.69, 9.17) is 4.74 Å². The Morgan fingerprint density at radius 2 is 1.91 bits per heavy atom. The molecule has 23 heavy (non-hydrogen) atoms. The smallest absolute Gasteiger partial charge is 0.228 e. The maximum absolute atomic E-state index is 12.2. The van der Waals surface area contributed by atoms with Gasteiger partial charge in [-0.15, -0.1) is 12.4 Å². The zero-order valence-corrected chi connectivity index (χ0v) is 14.4. The highest BCUT2D eigenvalue weighted by Gasteiger charge is 2.14. The van der Waals surface area contributed by atoms with Crippen molar-refractivity contribution in [1.29, 1.82) is 0 Å². The van der Waals surface area contributed by atoms with Crippen LogP contribution in [-0.2, 0) is 4.79 Å². The number of aryl methyl sites for hydroxylation is 1. The van der Waals surface area contributed by atoms with Gasteiger partial charge in [-0.3, -0.25) is 4.79 Å². The van der Waals surface area contributed by atoms with Gasteiger partial charge >= 0.3 is 0 Å². The van der Waals surface area contributed by atoms with E-state index in [9.17, 15) is 4.79 Å². The number of ether oxygens (including phenoxy) is 1. The van der Waals surface area contributed by atoms with Crippen LogP contribution in [0.4, 0.5) is 5.69 Å². The van der Waals surface area contributed by atoms with Crippen molar-refractivity contribution in [2.45, 2.75) is 13.8 Å². The first-order chi connectivity index (χ1) is 10.6. The zero-order valence-electron chi connectivity index (χ0n) is 13.6. The molecule has 0 radical (unpaired) electrons. The Morgan fingerprint density at radius 3 is 2.61 bits per heavy atom. The molecule has 0 bridgehead atoms. The van der Waals surface area contributed by atoms with E-state index in [0.29, 0.717) is 18.0 Å². The summed E-state index contributed by atoms with van der Waals surface area (Å²) in [7, 11) is 1.83. The van der Waals surface area contributed by atoms with E-state index in [2.05, 4.69) is 10.6 Å². The Hall–Kier alpha value is -2.04. The number of benzene rings is 2. The first kappa shape index (κ1) is 19.0. The van der Waals surface area contributed by atoms with Gasteiger partial charge in [-0.05, 0) is 43.8 Å². The number of carbonyl (C=O) groups excluding carboxylic acids is 1. The monoisotopic (exact) mass is 334 g/mol. The quantitative estimate of drug-likeness (QED) is 0.839. The molecule has 0 spiro atoms. The van der Waals surface area contributed by atoms with Crippen LogP contribution in [0.25, 0.3) is 0 Å². The molecule has 2 N–H and O–H groups in total. The predicted octanol–water partition coefficient (Wildman–Crippen LogP) is 4.00. The van der Waals surface area contributed by atoms with Crippen molar-refractivity contribution < 1.29 is 9.53 Å². The molecule has 1 unspecified atom stereocenters. The van der Waals surface area contributed by atoms with Crippen molar-refractivity contribution in [3.8, 4) is 11.5 Å². The normalized spacial score (nSPS) is 11.3. The summed E-state index contributed by atoms with van der Waals surface area (Å²) in [4.78, 5) is 12.2. The van der Waals surface area contributed by atoms with E-state index in [1.54, 1.807) is 0 Å². The molecule has 1 amide bonds. The lowest BCUT2D eigenvalue weighted by Crippen LogP contribution is -2.28. The third kappa shape index (κ3) is 5.58.